The zero-order valence-electron chi connectivity index (χ0n) is 5.74. The summed E-state index contributed by atoms with van der Waals surface area (Å²) < 4.78 is 25.5. The van der Waals surface area contributed by atoms with E-state index in [2.05, 4.69) is 9.97 Å². The van der Waals surface area contributed by atoms with Gasteiger partial charge in [-0.1, -0.05) is 11.6 Å². The maximum absolute atomic E-state index is 12.8. The first-order chi connectivity index (χ1) is 5.70. The first-order valence-electron chi connectivity index (χ1n) is 3.16. The van der Waals surface area contributed by atoms with E-state index in [4.69, 9.17) is 11.6 Å². The number of aromatic amines is 1. The van der Waals surface area contributed by atoms with Gasteiger partial charge in [-0.3, -0.25) is 0 Å². The molecule has 1 N–H and O–H groups in total. The molecule has 0 spiro atoms. The molecule has 0 amide bonds. The van der Waals surface area contributed by atoms with Crippen LogP contribution in [0.2, 0.25) is 5.02 Å². The maximum atomic E-state index is 12.8. The molecule has 1 aromatic carbocycles. The predicted molar refractivity (Wildman–Crippen MR) is 41.0 cm³/mol. The highest BCUT2D eigenvalue weighted by Crippen LogP contribution is 2.25. The summed E-state index contributed by atoms with van der Waals surface area (Å²) in [5.74, 6) is -2.03. The van der Waals surface area contributed by atoms with Crippen molar-refractivity contribution >= 4 is 22.6 Å². The van der Waals surface area contributed by atoms with Crippen LogP contribution in [0.15, 0.2) is 12.4 Å². The Kier molecular flexibility index (Phi) is 1.51. The van der Waals surface area contributed by atoms with E-state index in [-0.39, 0.29) is 10.5 Å². The van der Waals surface area contributed by atoms with E-state index in [1.165, 1.54) is 6.33 Å². The number of nitrogens with zero attached hydrogens (tertiary/aromatic N) is 1. The van der Waals surface area contributed by atoms with Crippen molar-refractivity contribution < 1.29 is 8.78 Å². The number of nitrogens with one attached hydrogen (secondary N) is 1. The second kappa shape index (κ2) is 2.42. The Morgan fingerprint density at radius 3 is 2.92 bits per heavy atom. The molecule has 0 saturated heterocycles. The number of halogens is 3. The standard InChI is InChI=1S/C7H3ClF2N2/c8-5-6(10)3(9)1-4-7(5)12-2-11-4/h1-2H,(H,11,12). The third-order valence-electron chi connectivity index (χ3n) is 1.55. The number of aromatic nitrogens is 2. The van der Waals surface area contributed by atoms with Crippen molar-refractivity contribution in [3.05, 3.63) is 29.1 Å². The zero-order chi connectivity index (χ0) is 8.72. The van der Waals surface area contributed by atoms with Gasteiger partial charge in [0.15, 0.2) is 11.6 Å². The van der Waals surface area contributed by atoms with Crippen LogP contribution in [0.1, 0.15) is 0 Å². The molecule has 0 aliphatic heterocycles. The molecule has 2 aromatic rings. The molecule has 1 heterocycles. The van der Waals surface area contributed by atoms with Crippen molar-refractivity contribution in [3.8, 4) is 0 Å². The number of hydrogen-bond donors (Lipinski definition) is 1. The predicted octanol–water partition coefficient (Wildman–Crippen LogP) is 2.49. The number of H-pyrrole nitrogens is 1. The van der Waals surface area contributed by atoms with E-state index < -0.39 is 11.6 Å². The van der Waals surface area contributed by atoms with E-state index >= 15 is 0 Å². The fourth-order valence-electron chi connectivity index (χ4n) is 0.988. The average molecular weight is 189 g/mol. The minimum absolute atomic E-state index is 0.246. The van der Waals surface area contributed by atoms with E-state index in [0.717, 1.165) is 6.07 Å². The van der Waals surface area contributed by atoms with Crippen LogP contribution >= 0.6 is 11.6 Å². The summed E-state index contributed by atoms with van der Waals surface area (Å²) in [7, 11) is 0. The van der Waals surface area contributed by atoms with Crippen LogP contribution in [0.25, 0.3) is 11.0 Å². The lowest BCUT2D eigenvalue weighted by Crippen LogP contribution is -1.86. The molecule has 0 radical (unpaired) electrons. The monoisotopic (exact) mass is 188 g/mol. The minimum Gasteiger partial charge on any atom is -0.344 e. The zero-order valence-corrected chi connectivity index (χ0v) is 6.49. The number of imidazole rings is 1. The lowest BCUT2D eigenvalue weighted by atomic mass is 10.3. The van der Waals surface area contributed by atoms with Crippen LogP contribution in [0.3, 0.4) is 0 Å². The molecule has 62 valence electrons. The lowest BCUT2D eigenvalue weighted by Gasteiger charge is -1.95. The van der Waals surface area contributed by atoms with Crippen LogP contribution in [-0.2, 0) is 0 Å². The Balaban J connectivity index is 2.94. The van der Waals surface area contributed by atoms with Gasteiger partial charge in [-0.05, 0) is 0 Å². The van der Waals surface area contributed by atoms with Gasteiger partial charge < -0.3 is 4.98 Å². The molecular formula is C7H3ClF2N2. The SMILES string of the molecule is Fc1cc2[nH]cnc2c(Cl)c1F. The van der Waals surface area contributed by atoms with Gasteiger partial charge in [-0.15, -0.1) is 0 Å². The Hall–Kier alpha value is -1.16. The summed E-state index contributed by atoms with van der Waals surface area (Å²) >= 11 is 5.48. The topological polar surface area (TPSA) is 28.7 Å². The van der Waals surface area contributed by atoms with Gasteiger partial charge in [0.1, 0.15) is 10.5 Å². The van der Waals surface area contributed by atoms with Crippen LogP contribution in [0.4, 0.5) is 8.78 Å². The molecule has 0 aliphatic rings. The van der Waals surface area contributed by atoms with Crippen LogP contribution < -0.4 is 0 Å². The summed E-state index contributed by atoms with van der Waals surface area (Å²) in [6.07, 6.45) is 1.33. The number of benzene rings is 1. The average Bonchev–Trinajstić information content (AvgIpc) is 2.48. The molecule has 12 heavy (non-hydrogen) atoms. The van der Waals surface area contributed by atoms with Crippen molar-refractivity contribution in [2.24, 2.45) is 0 Å². The highest BCUT2D eigenvalue weighted by atomic mass is 35.5. The van der Waals surface area contributed by atoms with E-state index in [9.17, 15) is 8.78 Å². The van der Waals surface area contributed by atoms with Crippen LogP contribution in [0, 0.1) is 11.6 Å². The highest BCUT2D eigenvalue weighted by molar-refractivity contribution is 6.35. The number of hydrogen-bond acceptors (Lipinski definition) is 1. The second-order valence-corrected chi connectivity index (χ2v) is 2.66. The molecule has 0 fully saturated rings. The Morgan fingerprint density at radius 2 is 2.17 bits per heavy atom. The van der Waals surface area contributed by atoms with Gasteiger partial charge in [0, 0.05) is 6.07 Å². The first-order valence-corrected chi connectivity index (χ1v) is 3.54. The molecule has 2 nitrogen and oxygen atoms in total. The fraction of sp³-hybridized carbons (Fsp3) is 0. The molecule has 0 unspecified atom stereocenters. The smallest absolute Gasteiger partial charge is 0.179 e. The van der Waals surface area contributed by atoms with E-state index in [0.29, 0.717) is 5.52 Å². The summed E-state index contributed by atoms with van der Waals surface area (Å²) in [6.45, 7) is 0. The van der Waals surface area contributed by atoms with Crippen molar-refractivity contribution in [2.45, 2.75) is 0 Å². The lowest BCUT2D eigenvalue weighted by molar-refractivity contribution is 0.511. The summed E-state index contributed by atoms with van der Waals surface area (Å²) in [5.41, 5.74) is 0.634. The third-order valence-corrected chi connectivity index (χ3v) is 1.90. The maximum Gasteiger partial charge on any atom is 0.179 e. The molecule has 2 rings (SSSR count). The Morgan fingerprint density at radius 1 is 1.42 bits per heavy atom. The Bertz CT molecular complexity index is 438. The molecule has 1 aromatic heterocycles. The fourth-order valence-corrected chi connectivity index (χ4v) is 1.23. The van der Waals surface area contributed by atoms with Crippen molar-refractivity contribution in [1.82, 2.24) is 9.97 Å². The highest BCUT2D eigenvalue weighted by Gasteiger charge is 2.12. The quantitative estimate of drug-likeness (QED) is 0.633. The van der Waals surface area contributed by atoms with Crippen molar-refractivity contribution in [1.29, 1.82) is 0 Å². The molecule has 0 bridgehead atoms. The van der Waals surface area contributed by atoms with Gasteiger partial charge in [-0.2, -0.15) is 0 Å². The summed E-state index contributed by atoms with van der Waals surface area (Å²) in [6, 6.07) is 1.02. The molecule has 0 saturated carbocycles. The summed E-state index contributed by atoms with van der Waals surface area (Å²) in [4.78, 5) is 6.35. The van der Waals surface area contributed by atoms with Crippen LogP contribution in [-0.4, -0.2) is 9.97 Å². The van der Waals surface area contributed by atoms with Gasteiger partial charge >= 0.3 is 0 Å². The van der Waals surface area contributed by atoms with Crippen molar-refractivity contribution in [2.75, 3.05) is 0 Å². The van der Waals surface area contributed by atoms with E-state index in [1.54, 1.807) is 0 Å². The van der Waals surface area contributed by atoms with E-state index in [1.807, 2.05) is 0 Å². The second-order valence-electron chi connectivity index (χ2n) is 2.29. The molecular weight excluding hydrogens is 186 g/mol. The first kappa shape index (κ1) is 7.49. The third kappa shape index (κ3) is 0.881. The van der Waals surface area contributed by atoms with Gasteiger partial charge in [-0.25, -0.2) is 13.8 Å². The normalized spacial score (nSPS) is 10.9. The Labute approximate surface area is 71.2 Å². The number of rotatable bonds is 0. The molecule has 0 aliphatic carbocycles. The molecule has 0 atom stereocenters. The summed E-state index contributed by atoms with van der Waals surface area (Å²) in [5, 5.41) is -0.286. The number of fused-ring (bicyclic) bond motifs is 1. The van der Waals surface area contributed by atoms with Crippen LogP contribution in [0.5, 0.6) is 0 Å². The van der Waals surface area contributed by atoms with Crippen molar-refractivity contribution in [3.63, 3.8) is 0 Å². The molecule has 5 heteroatoms. The minimum atomic E-state index is -1.06. The van der Waals surface area contributed by atoms with Gasteiger partial charge in [0.05, 0.1) is 11.8 Å². The largest absolute Gasteiger partial charge is 0.344 e. The van der Waals surface area contributed by atoms with Gasteiger partial charge in [0.2, 0.25) is 0 Å². The van der Waals surface area contributed by atoms with Gasteiger partial charge in [0.25, 0.3) is 0 Å².